The minimum absolute atomic E-state index is 0.0271. The number of benzene rings is 1. The van der Waals surface area contributed by atoms with Crippen LogP contribution >= 0.6 is 34.4 Å². The highest BCUT2D eigenvalue weighted by molar-refractivity contribution is 14.1. The molecule has 1 heterocycles. The molecule has 1 saturated heterocycles. The van der Waals surface area contributed by atoms with Gasteiger partial charge >= 0.3 is 5.97 Å². The molecule has 0 radical (unpaired) electrons. The molecule has 0 saturated carbocycles. The van der Waals surface area contributed by atoms with Gasteiger partial charge in [0.2, 0.25) is 0 Å². The normalized spacial score (nSPS) is 16.0. The SMILES string of the molecule is COc1cc(/C=C2/SC(=O)N(CC(=O)O)C2=O)cc(I)c1OC(C)C. The first-order valence-electron chi connectivity index (χ1n) is 7.24. The Bertz CT molecular complexity index is 761. The third kappa shape index (κ3) is 4.66. The summed E-state index contributed by atoms with van der Waals surface area (Å²) in [6, 6.07) is 3.50. The number of hydrogen-bond donors (Lipinski definition) is 1. The molecule has 25 heavy (non-hydrogen) atoms. The summed E-state index contributed by atoms with van der Waals surface area (Å²) in [5.74, 6) is -0.741. The van der Waals surface area contributed by atoms with Gasteiger partial charge in [-0.15, -0.1) is 0 Å². The molecule has 7 nitrogen and oxygen atoms in total. The summed E-state index contributed by atoms with van der Waals surface area (Å²) in [6.45, 7) is 3.16. The van der Waals surface area contributed by atoms with Gasteiger partial charge in [0.1, 0.15) is 6.54 Å². The highest BCUT2D eigenvalue weighted by Gasteiger charge is 2.36. The second kappa shape index (κ2) is 8.09. The molecule has 1 aromatic carbocycles. The lowest BCUT2D eigenvalue weighted by Crippen LogP contribution is -2.33. The van der Waals surface area contributed by atoms with Crippen molar-refractivity contribution < 1.29 is 29.0 Å². The van der Waals surface area contributed by atoms with Gasteiger partial charge in [0, 0.05) is 0 Å². The Hall–Kier alpha value is -1.75. The Balaban J connectivity index is 2.35. The van der Waals surface area contributed by atoms with E-state index >= 15 is 0 Å². The number of carbonyl (C=O) groups excluding carboxylic acids is 2. The number of rotatable bonds is 6. The van der Waals surface area contributed by atoms with E-state index in [2.05, 4.69) is 22.6 Å². The smallest absolute Gasteiger partial charge is 0.323 e. The number of halogens is 1. The van der Waals surface area contributed by atoms with E-state index in [1.54, 1.807) is 12.1 Å². The minimum atomic E-state index is -1.24. The van der Waals surface area contributed by atoms with Crippen LogP contribution in [0.15, 0.2) is 17.0 Å². The molecular weight excluding hydrogens is 461 g/mol. The molecule has 0 spiro atoms. The predicted molar refractivity (Wildman–Crippen MR) is 102 cm³/mol. The molecule has 0 atom stereocenters. The van der Waals surface area contributed by atoms with Crippen molar-refractivity contribution in [2.24, 2.45) is 0 Å². The van der Waals surface area contributed by atoms with Gasteiger partial charge in [-0.25, -0.2) is 0 Å². The number of thioether (sulfide) groups is 1. The minimum Gasteiger partial charge on any atom is -0.493 e. The molecule has 0 bridgehead atoms. The first-order chi connectivity index (χ1) is 11.7. The molecule has 2 amide bonds. The number of carbonyl (C=O) groups is 3. The van der Waals surface area contributed by atoms with E-state index in [1.807, 2.05) is 13.8 Å². The standard InChI is InChI=1S/C16H16INO6S/c1-8(2)24-14-10(17)4-9(5-11(14)23-3)6-12-15(21)18(7-13(19)20)16(22)25-12/h4-6,8H,7H2,1-3H3,(H,19,20)/b12-6+. The topological polar surface area (TPSA) is 93.1 Å². The number of hydrogen-bond acceptors (Lipinski definition) is 6. The Kier molecular flexibility index (Phi) is 6.33. The van der Waals surface area contributed by atoms with E-state index in [0.29, 0.717) is 33.7 Å². The maximum atomic E-state index is 12.2. The van der Waals surface area contributed by atoms with Crippen LogP contribution in [0.4, 0.5) is 4.79 Å². The van der Waals surface area contributed by atoms with Crippen molar-refractivity contribution in [2.75, 3.05) is 13.7 Å². The summed E-state index contributed by atoms with van der Waals surface area (Å²) in [5, 5.41) is 8.19. The highest BCUT2D eigenvalue weighted by atomic mass is 127. The van der Waals surface area contributed by atoms with E-state index in [1.165, 1.54) is 13.2 Å². The Morgan fingerprint density at radius 3 is 2.64 bits per heavy atom. The lowest BCUT2D eigenvalue weighted by molar-refractivity contribution is -0.140. The van der Waals surface area contributed by atoms with Gasteiger partial charge < -0.3 is 14.6 Å². The Morgan fingerprint density at radius 1 is 1.40 bits per heavy atom. The zero-order chi connectivity index (χ0) is 18.7. The van der Waals surface area contributed by atoms with Gasteiger partial charge in [-0.2, -0.15) is 0 Å². The fraction of sp³-hybridized carbons (Fsp3) is 0.312. The van der Waals surface area contributed by atoms with Gasteiger partial charge in [-0.3, -0.25) is 19.3 Å². The van der Waals surface area contributed by atoms with E-state index in [-0.39, 0.29) is 11.0 Å². The van der Waals surface area contributed by atoms with Crippen LogP contribution in [0.2, 0.25) is 0 Å². The van der Waals surface area contributed by atoms with Gasteiger partial charge in [-0.1, -0.05) is 0 Å². The monoisotopic (exact) mass is 477 g/mol. The van der Waals surface area contributed by atoms with Gasteiger partial charge in [-0.05, 0) is 72.0 Å². The highest BCUT2D eigenvalue weighted by Crippen LogP contribution is 2.37. The van der Waals surface area contributed by atoms with Gasteiger partial charge in [0.25, 0.3) is 11.1 Å². The van der Waals surface area contributed by atoms with Crippen molar-refractivity contribution in [3.63, 3.8) is 0 Å². The van der Waals surface area contributed by atoms with E-state index in [0.717, 1.165) is 3.57 Å². The second-order valence-electron chi connectivity index (χ2n) is 5.36. The lowest BCUT2D eigenvalue weighted by atomic mass is 10.2. The van der Waals surface area contributed by atoms with Crippen molar-refractivity contribution in [1.29, 1.82) is 0 Å². The first kappa shape index (κ1) is 19.6. The zero-order valence-electron chi connectivity index (χ0n) is 13.7. The predicted octanol–water partition coefficient (Wildman–Crippen LogP) is 3.21. The van der Waals surface area contributed by atoms with E-state index in [4.69, 9.17) is 14.6 Å². The summed E-state index contributed by atoms with van der Waals surface area (Å²) in [6.07, 6.45) is 1.51. The molecule has 134 valence electrons. The van der Waals surface area contributed by atoms with Crippen LogP contribution in [-0.2, 0) is 9.59 Å². The number of carboxylic acid groups (broad SMARTS) is 1. The van der Waals surface area contributed by atoms with Crippen LogP contribution < -0.4 is 9.47 Å². The Labute approximate surface area is 162 Å². The molecule has 0 aromatic heterocycles. The van der Waals surface area contributed by atoms with Gasteiger partial charge in [0.05, 0.1) is 21.7 Å². The molecule has 1 aliphatic heterocycles. The maximum absolute atomic E-state index is 12.2. The van der Waals surface area contributed by atoms with Crippen molar-refractivity contribution in [2.45, 2.75) is 20.0 Å². The van der Waals surface area contributed by atoms with Crippen LogP contribution in [-0.4, -0.2) is 46.9 Å². The molecular formula is C16H16INO6S. The van der Waals surface area contributed by atoms with Gasteiger partial charge in [0.15, 0.2) is 11.5 Å². The molecule has 1 N–H and O–H groups in total. The number of amides is 2. The van der Waals surface area contributed by atoms with Crippen LogP contribution in [0.25, 0.3) is 6.08 Å². The molecule has 1 fully saturated rings. The first-order valence-corrected chi connectivity index (χ1v) is 9.13. The second-order valence-corrected chi connectivity index (χ2v) is 7.52. The lowest BCUT2D eigenvalue weighted by Gasteiger charge is -2.16. The van der Waals surface area contributed by atoms with Crippen LogP contribution in [0.5, 0.6) is 11.5 Å². The molecule has 0 aliphatic carbocycles. The average Bonchev–Trinajstić information content (AvgIpc) is 2.76. The number of aliphatic carboxylic acids is 1. The number of imide groups is 1. The third-order valence-electron chi connectivity index (χ3n) is 3.07. The molecule has 1 aliphatic rings. The van der Waals surface area contributed by atoms with Crippen molar-refractivity contribution in [1.82, 2.24) is 4.90 Å². The average molecular weight is 477 g/mol. The Morgan fingerprint density at radius 2 is 2.08 bits per heavy atom. The van der Waals surface area contributed by atoms with Crippen molar-refractivity contribution >= 4 is 57.5 Å². The van der Waals surface area contributed by atoms with Crippen molar-refractivity contribution in [3.05, 3.63) is 26.2 Å². The van der Waals surface area contributed by atoms with Crippen LogP contribution in [0.1, 0.15) is 19.4 Å². The largest absolute Gasteiger partial charge is 0.493 e. The summed E-state index contributed by atoms with van der Waals surface area (Å²) in [7, 11) is 1.52. The quantitative estimate of drug-likeness (QED) is 0.497. The number of carboxylic acids is 1. The molecule has 9 heteroatoms. The number of ether oxygens (including phenoxy) is 2. The van der Waals surface area contributed by atoms with Crippen molar-refractivity contribution in [3.8, 4) is 11.5 Å². The van der Waals surface area contributed by atoms with Crippen LogP contribution in [0.3, 0.4) is 0 Å². The molecule has 0 unspecified atom stereocenters. The summed E-state index contributed by atoms with van der Waals surface area (Å²) in [4.78, 5) is 35.6. The fourth-order valence-corrected chi connectivity index (χ4v) is 3.69. The summed E-state index contributed by atoms with van der Waals surface area (Å²) >= 11 is 2.82. The summed E-state index contributed by atoms with van der Waals surface area (Å²) < 4.78 is 11.9. The van der Waals surface area contributed by atoms with E-state index < -0.39 is 23.7 Å². The van der Waals surface area contributed by atoms with E-state index in [9.17, 15) is 14.4 Å². The number of methoxy groups -OCH3 is 1. The summed E-state index contributed by atoms with van der Waals surface area (Å²) in [5.41, 5.74) is 0.651. The molecule has 1 aromatic rings. The third-order valence-corrected chi connectivity index (χ3v) is 4.78. The zero-order valence-corrected chi connectivity index (χ0v) is 16.7. The number of nitrogens with zero attached hydrogens (tertiary/aromatic N) is 1. The molecule has 2 rings (SSSR count). The fourth-order valence-electron chi connectivity index (χ4n) is 2.10. The maximum Gasteiger partial charge on any atom is 0.323 e. The van der Waals surface area contributed by atoms with Crippen LogP contribution in [0, 0.1) is 3.57 Å².